The van der Waals surface area contributed by atoms with E-state index in [-0.39, 0.29) is 24.8 Å². The fraction of sp³-hybridized carbons (Fsp3) is 1.00. The summed E-state index contributed by atoms with van der Waals surface area (Å²) >= 11 is 0. The van der Waals surface area contributed by atoms with Crippen LogP contribution in [0.2, 0.25) is 0 Å². The first-order valence-electron chi connectivity index (χ1n) is 10.4. The van der Waals surface area contributed by atoms with E-state index in [1.165, 1.54) is 103 Å². The van der Waals surface area contributed by atoms with E-state index in [9.17, 15) is 0 Å². The Bertz CT molecular complexity index is 186. The lowest BCUT2D eigenvalue weighted by Crippen LogP contribution is -3.11. The van der Waals surface area contributed by atoms with Crippen LogP contribution in [0.3, 0.4) is 0 Å². The second-order valence-electron chi connectivity index (χ2n) is 6.95. The standard InChI is InChI=1S/C20H44N2.2ClH/c1-5-21(6-2)19-17-15-13-11-9-10-12-14-16-18-20-22(7-3)8-4;;/h5-20H2,1-4H3;2*1H. The second-order valence-corrected chi connectivity index (χ2v) is 6.95. The summed E-state index contributed by atoms with van der Waals surface area (Å²) < 4.78 is 0. The Morgan fingerprint density at radius 2 is 0.583 bits per heavy atom. The van der Waals surface area contributed by atoms with Crippen LogP contribution in [0.4, 0.5) is 0 Å². The van der Waals surface area contributed by atoms with Crippen LogP contribution in [0.25, 0.3) is 0 Å². The predicted octanol–water partition coefficient (Wildman–Crippen LogP) is -3.26. The summed E-state index contributed by atoms with van der Waals surface area (Å²) in [6.07, 6.45) is 14.6. The van der Waals surface area contributed by atoms with E-state index < -0.39 is 0 Å². The molecule has 2 N–H and O–H groups in total. The van der Waals surface area contributed by atoms with E-state index >= 15 is 0 Å². The third-order valence-electron chi connectivity index (χ3n) is 5.31. The van der Waals surface area contributed by atoms with Gasteiger partial charge in [0.2, 0.25) is 0 Å². The summed E-state index contributed by atoms with van der Waals surface area (Å²) in [6.45, 7) is 17.2. The SMILES string of the molecule is CC[NH+](CC)CCCCCCCCCCCC[NH+](CC)CC.[Cl-].[Cl-]. The molecule has 0 aromatic carbocycles. The molecule has 0 saturated carbocycles. The van der Waals surface area contributed by atoms with Crippen molar-refractivity contribution < 1.29 is 34.6 Å². The van der Waals surface area contributed by atoms with Gasteiger partial charge in [-0.15, -0.1) is 0 Å². The minimum Gasteiger partial charge on any atom is -1.00 e. The molecule has 0 amide bonds. The Morgan fingerprint density at radius 3 is 0.792 bits per heavy atom. The molecule has 0 radical (unpaired) electrons. The molecule has 0 aliphatic heterocycles. The fourth-order valence-corrected chi connectivity index (χ4v) is 3.37. The summed E-state index contributed by atoms with van der Waals surface area (Å²) in [5.41, 5.74) is 0. The molecule has 0 aromatic rings. The lowest BCUT2D eigenvalue weighted by molar-refractivity contribution is -0.896. The van der Waals surface area contributed by atoms with Gasteiger partial charge >= 0.3 is 0 Å². The molecule has 4 heteroatoms. The largest absolute Gasteiger partial charge is 1.00 e. The molecular formula is C20H46Cl2N2. The van der Waals surface area contributed by atoms with Crippen LogP contribution < -0.4 is 34.6 Å². The van der Waals surface area contributed by atoms with Crippen molar-refractivity contribution in [2.24, 2.45) is 0 Å². The van der Waals surface area contributed by atoms with Gasteiger partial charge in [0.05, 0.1) is 39.3 Å². The molecule has 0 rings (SSSR count). The van der Waals surface area contributed by atoms with E-state index in [2.05, 4.69) is 27.7 Å². The minimum atomic E-state index is 0. The molecule has 150 valence electrons. The molecule has 0 bridgehead atoms. The average molecular weight is 386 g/mol. The van der Waals surface area contributed by atoms with Gasteiger partial charge in [-0.2, -0.15) is 0 Å². The van der Waals surface area contributed by atoms with Crippen molar-refractivity contribution in [3.05, 3.63) is 0 Å². The van der Waals surface area contributed by atoms with Crippen LogP contribution in [-0.2, 0) is 0 Å². The van der Waals surface area contributed by atoms with Crippen LogP contribution >= 0.6 is 0 Å². The first kappa shape index (κ1) is 29.3. The van der Waals surface area contributed by atoms with E-state index in [4.69, 9.17) is 0 Å². The van der Waals surface area contributed by atoms with Crippen molar-refractivity contribution in [3.8, 4) is 0 Å². The molecule has 24 heavy (non-hydrogen) atoms. The zero-order chi connectivity index (χ0) is 16.5. The highest BCUT2D eigenvalue weighted by Crippen LogP contribution is 2.09. The Morgan fingerprint density at radius 1 is 0.375 bits per heavy atom. The Labute approximate surface area is 165 Å². The molecule has 0 fully saturated rings. The third kappa shape index (κ3) is 18.8. The van der Waals surface area contributed by atoms with Crippen LogP contribution in [-0.4, -0.2) is 39.3 Å². The zero-order valence-corrected chi connectivity index (χ0v) is 18.6. The Balaban J connectivity index is -0.00000220. The highest BCUT2D eigenvalue weighted by atomic mass is 35.5. The van der Waals surface area contributed by atoms with Crippen molar-refractivity contribution in [1.29, 1.82) is 0 Å². The minimum absolute atomic E-state index is 0. The van der Waals surface area contributed by atoms with Crippen molar-refractivity contribution >= 4 is 0 Å². The summed E-state index contributed by atoms with van der Waals surface area (Å²) in [5.74, 6) is 0. The van der Waals surface area contributed by atoms with Gasteiger partial charge in [-0.3, -0.25) is 0 Å². The summed E-state index contributed by atoms with van der Waals surface area (Å²) in [7, 11) is 0. The number of hydrogen-bond donors (Lipinski definition) is 2. The van der Waals surface area contributed by atoms with Gasteiger partial charge in [0.25, 0.3) is 0 Å². The highest BCUT2D eigenvalue weighted by molar-refractivity contribution is 4.48. The normalized spacial score (nSPS) is 10.8. The number of rotatable bonds is 17. The summed E-state index contributed by atoms with van der Waals surface area (Å²) in [6, 6.07) is 0. The molecule has 0 saturated heterocycles. The lowest BCUT2D eigenvalue weighted by Gasteiger charge is -2.15. The smallest absolute Gasteiger partial charge is 0.0770 e. The number of halogens is 2. The third-order valence-corrected chi connectivity index (χ3v) is 5.31. The van der Waals surface area contributed by atoms with Crippen molar-refractivity contribution in [1.82, 2.24) is 0 Å². The zero-order valence-electron chi connectivity index (χ0n) is 17.1. The monoisotopic (exact) mass is 384 g/mol. The topological polar surface area (TPSA) is 8.88 Å². The summed E-state index contributed by atoms with van der Waals surface area (Å²) in [5, 5.41) is 0. The Kier molecular flexibility index (Phi) is 28.7. The van der Waals surface area contributed by atoms with Gasteiger partial charge in [0.15, 0.2) is 0 Å². The highest BCUT2D eigenvalue weighted by Gasteiger charge is 2.02. The van der Waals surface area contributed by atoms with E-state index in [1.54, 1.807) is 9.80 Å². The molecule has 0 aliphatic carbocycles. The van der Waals surface area contributed by atoms with Crippen molar-refractivity contribution in [2.75, 3.05) is 39.3 Å². The second kappa shape index (κ2) is 23.5. The van der Waals surface area contributed by atoms with Gasteiger partial charge in [-0.25, -0.2) is 0 Å². The van der Waals surface area contributed by atoms with Crippen LogP contribution in [0, 0.1) is 0 Å². The maximum absolute atomic E-state index is 2.31. The first-order valence-corrected chi connectivity index (χ1v) is 10.4. The molecule has 2 nitrogen and oxygen atoms in total. The predicted molar refractivity (Wildman–Crippen MR) is 100.0 cm³/mol. The van der Waals surface area contributed by atoms with Crippen molar-refractivity contribution in [2.45, 2.75) is 91.9 Å². The van der Waals surface area contributed by atoms with Crippen LogP contribution in [0.15, 0.2) is 0 Å². The summed E-state index contributed by atoms with van der Waals surface area (Å²) in [4.78, 5) is 3.54. The molecule has 0 spiro atoms. The maximum atomic E-state index is 2.31. The van der Waals surface area contributed by atoms with Gasteiger partial charge in [-0.1, -0.05) is 38.5 Å². The molecule has 0 atom stereocenters. The lowest BCUT2D eigenvalue weighted by atomic mass is 10.1. The molecule has 0 heterocycles. The van der Waals surface area contributed by atoms with E-state index in [0.29, 0.717) is 0 Å². The maximum Gasteiger partial charge on any atom is 0.0770 e. The quantitative estimate of drug-likeness (QED) is 0.244. The van der Waals surface area contributed by atoms with Crippen molar-refractivity contribution in [3.63, 3.8) is 0 Å². The number of nitrogens with one attached hydrogen (secondary N) is 2. The van der Waals surface area contributed by atoms with Crippen LogP contribution in [0.5, 0.6) is 0 Å². The number of quaternary nitrogens is 2. The molecule has 0 unspecified atom stereocenters. The molecular weight excluding hydrogens is 339 g/mol. The van der Waals surface area contributed by atoms with Gasteiger partial charge in [0.1, 0.15) is 0 Å². The number of hydrogen-bond acceptors (Lipinski definition) is 0. The van der Waals surface area contributed by atoms with E-state index in [1.807, 2.05) is 0 Å². The van der Waals surface area contributed by atoms with Gasteiger partial charge < -0.3 is 34.6 Å². The number of unbranched alkanes of at least 4 members (excludes halogenated alkanes) is 9. The van der Waals surface area contributed by atoms with E-state index in [0.717, 1.165) is 0 Å². The van der Waals surface area contributed by atoms with Gasteiger partial charge in [-0.05, 0) is 53.4 Å². The Hall–Kier alpha value is 0.500. The fourth-order valence-electron chi connectivity index (χ4n) is 3.37. The molecule has 0 aromatic heterocycles. The van der Waals surface area contributed by atoms with Gasteiger partial charge in [0, 0.05) is 0 Å². The average Bonchev–Trinajstić information content (AvgIpc) is 2.55. The first-order chi connectivity index (χ1) is 10.8. The molecule has 0 aliphatic rings. The van der Waals surface area contributed by atoms with Crippen LogP contribution in [0.1, 0.15) is 91.9 Å².